The molecular weight excluding hydrogens is 320 g/mol. The first-order valence-corrected chi connectivity index (χ1v) is 8.06. The average Bonchev–Trinajstić information content (AvgIpc) is 2.47. The van der Waals surface area contributed by atoms with Gasteiger partial charge in [0.25, 0.3) is 0 Å². The Morgan fingerprint density at radius 3 is 1.43 bits per heavy atom. The summed E-state index contributed by atoms with van der Waals surface area (Å²) in [5.74, 6) is -2.45. The van der Waals surface area contributed by atoms with Crippen LogP contribution in [0.5, 0.6) is 0 Å². The summed E-state index contributed by atoms with van der Waals surface area (Å²) in [6.07, 6.45) is 0. The number of carbonyl (C=O) groups is 2. The summed E-state index contributed by atoms with van der Waals surface area (Å²) in [5, 5.41) is 18.2. The van der Waals surface area contributed by atoms with Crippen LogP contribution in [0.3, 0.4) is 0 Å². The van der Waals surface area contributed by atoms with Crippen LogP contribution in [0, 0.1) is 13.8 Å². The smallest absolute Gasteiger partial charge is 0.335 e. The van der Waals surface area contributed by atoms with Crippen LogP contribution in [0.4, 0.5) is 0 Å². The number of aryl methyl sites for hydroxylation is 2. The molecular formula is C16H14O6S. The van der Waals surface area contributed by atoms with Crippen LogP contribution in [0.1, 0.15) is 31.8 Å². The third-order valence-electron chi connectivity index (χ3n) is 3.50. The van der Waals surface area contributed by atoms with Gasteiger partial charge >= 0.3 is 11.9 Å². The summed E-state index contributed by atoms with van der Waals surface area (Å²) in [7, 11) is -4.01. The Balaban J connectivity index is 2.64. The molecule has 0 bridgehead atoms. The highest BCUT2D eigenvalue weighted by atomic mass is 32.2. The van der Waals surface area contributed by atoms with Crippen molar-refractivity contribution in [2.75, 3.05) is 0 Å². The maximum atomic E-state index is 12.6. The standard InChI is InChI=1S/C16H14O6S/c1-9-3-5-11(7-13(9)15(17)18)23(21,22)12-6-4-10(2)14(8-12)16(19)20/h3-8H,1-2H3,(H,17,18)(H,19,20). The van der Waals surface area contributed by atoms with Gasteiger partial charge in [-0.3, -0.25) is 0 Å². The molecule has 0 heterocycles. The molecule has 2 aromatic carbocycles. The lowest BCUT2D eigenvalue weighted by molar-refractivity contribution is 0.0685. The molecule has 0 radical (unpaired) electrons. The topological polar surface area (TPSA) is 109 Å². The minimum absolute atomic E-state index is 0.114. The highest BCUT2D eigenvalue weighted by Crippen LogP contribution is 2.25. The summed E-state index contributed by atoms with van der Waals surface area (Å²) in [6, 6.07) is 7.57. The zero-order valence-electron chi connectivity index (χ0n) is 12.4. The number of sulfone groups is 1. The van der Waals surface area contributed by atoms with Gasteiger partial charge in [-0.1, -0.05) is 12.1 Å². The van der Waals surface area contributed by atoms with E-state index in [0.29, 0.717) is 11.1 Å². The van der Waals surface area contributed by atoms with Crippen LogP contribution >= 0.6 is 0 Å². The van der Waals surface area contributed by atoms with Crippen molar-refractivity contribution in [3.63, 3.8) is 0 Å². The monoisotopic (exact) mass is 334 g/mol. The highest BCUT2D eigenvalue weighted by Gasteiger charge is 2.22. The highest BCUT2D eigenvalue weighted by molar-refractivity contribution is 7.91. The quantitative estimate of drug-likeness (QED) is 0.889. The molecule has 0 spiro atoms. The van der Waals surface area contributed by atoms with Gasteiger partial charge in [-0.05, 0) is 49.2 Å². The molecule has 0 aliphatic rings. The normalized spacial score (nSPS) is 11.2. The van der Waals surface area contributed by atoms with E-state index in [4.69, 9.17) is 10.2 Å². The molecule has 0 aliphatic heterocycles. The van der Waals surface area contributed by atoms with Crippen molar-refractivity contribution in [3.05, 3.63) is 58.7 Å². The van der Waals surface area contributed by atoms with Gasteiger partial charge in [0, 0.05) is 0 Å². The van der Waals surface area contributed by atoms with Crippen LogP contribution in [0.25, 0.3) is 0 Å². The van der Waals surface area contributed by atoms with E-state index in [-0.39, 0.29) is 20.9 Å². The van der Waals surface area contributed by atoms with Crippen molar-refractivity contribution in [1.82, 2.24) is 0 Å². The first kappa shape index (κ1) is 16.7. The molecule has 0 unspecified atom stereocenters. The Bertz CT molecular complexity index is 843. The average molecular weight is 334 g/mol. The lowest BCUT2D eigenvalue weighted by atomic mass is 10.1. The van der Waals surface area contributed by atoms with E-state index in [2.05, 4.69) is 0 Å². The van der Waals surface area contributed by atoms with E-state index in [0.717, 1.165) is 12.1 Å². The van der Waals surface area contributed by atoms with Gasteiger partial charge < -0.3 is 10.2 Å². The molecule has 0 saturated heterocycles. The van der Waals surface area contributed by atoms with Gasteiger partial charge in [0.2, 0.25) is 9.84 Å². The van der Waals surface area contributed by atoms with Crippen molar-refractivity contribution in [3.8, 4) is 0 Å². The molecule has 0 fully saturated rings. The van der Waals surface area contributed by atoms with Gasteiger partial charge in [0.1, 0.15) is 0 Å². The summed E-state index contributed by atoms with van der Waals surface area (Å²) in [5.41, 5.74) is 0.645. The Labute approximate surface area is 132 Å². The van der Waals surface area contributed by atoms with Crippen LogP contribution in [-0.4, -0.2) is 30.6 Å². The zero-order chi connectivity index (χ0) is 17.4. The fourth-order valence-electron chi connectivity index (χ4n) is 2.13. The van der Waals surface area contributed by atoms with Crippen LogP contribution in [0.2, 0.25) is 0 Å². The molecule has 0 aromatic heterocycles. The van der Waals surface area contributed by atoms with E-state index < -0.39 is 21.8 Å². The van der Waals surface area contributed by atoms with Gasteiger partial charge in [0.15, 0.2) is 0 Å². The molecule has 2 N–H and O–H groups in total. The van der Waals surface area contributed by atoms with E-state index >= 15 is 0 Å². The number of hydrogen-bond donors (Lipinski definition) is 2. The van der Waals surface area contributed by atoms with Crippen molar-refractivity contribution >= 4 is 21.8 Å². The predicted octanol–water partition coefficient (Wildman–Crippen LogP) is 2.53. The number of benzene rings is 2. The molecule has 6 nitrogen and oxygen atoms in total. The second-order valence-electron chi connectivity index (χ2n) is 5.07. The van der Waals surface area contributed by atoms with Gasteiger partial charge in [-0.25, -0.2) is 18.0 Å². The number of rotatable bonds is 4. The molecule has 2 rings (SSSR count). The SMILES string of the molecule is Cc1ccc(S(=O)(=O)c2ccc(C)c(C(=O)O)c2)cc1C(=O)O. The third kappa shape index (κ3) is 3.09. The number of aromatic carboxylic acids is 2. The summed E-state index contributed by atoms with van der Waals surface area (Å²) in [6.45, 7) is 3.13. The number of carboxylic acids is 2. The largest absolute Gasteiger partial charge is 0.478 e. The maximum Gasteiger partial charge on any atom is 0.335 e. The Morgan fingerprint density at radius 1 is 0.783 bits per heavy atom. The van der Waals surface area contributed by atoms with Gasteiger partial charge in [-0.15, -0.1) is 0 Å². The van der Waals surface area contributed by atoms with Crippen LogP contribution in [0.15, 0.2) is 46.2 Å². The summed E-state index contributed by atoms with van der Waals surface area (Å²) < 4.78 is 25.2. The second-order valence-corrected chi connectivity index (χ2v) is 7.02. The summed E-state index contributed by atoms with van der Waals surface area (Å²) >= 11 is 0. The van der Waals surface area contributed by atoms with Crippen molar-refractivity contribution in [1.29, 1.82) is 0 Å². The van der Waals surface area contributed by atoms with E-state index in [1.165, 1.54) is 24.3 Å². The molecule has 0 saturated carbocycles. The van der Waals surface area contributed by atoms with E-state index in [1.54, 1.807) is 13.8 Å². The third-order valence-corrected chi connectivity index (χ3v) is 5.25. The Kier molecular flexibility index (Phi) is 4.24. The first-order valence-electron chi connectivity index (χ1n) is 6.57. The Morgan fingerprint density at radius 2 is 1.13 bits per heavy atom. The van der Waals surface area contributed by atoms with Crippen molar-refractivity contribution < 1.29 is 28.2 Å². The van der Waals surface area contributed by atoms with E-state index in [1.807, 2.05) is 0 Å². The van der Waals surface area contributed by atoms with Crippen molar-refractivity contribution in [2.45, 2.75) is 23.6 Å². The number of hydrogen-bond acceptors (Lipinski definition) is 4. The second kappa shape index (κ2) is 5.85. The molecule has 7 heteroatoms. The van der Waals surface area contributed by atoms with E-state index in [9.17, 15) is 18.0 Å². The fraction of sp³-hybridized carbons (Fsp3) is 0.125. The molecule has 0 atom stereocenters. The fourth-order valence-corrected chi connectivity index (χ4v) is 3.45. The zero-order valence-corrected chi connectivity index (χ0v) is 13.2. The lowest BCUT2D eigenvalue weighted by Crippen LogP contribution is -2.08. The van der Waals surface area contributed by atoms with Gasteiger partial charge in [0.05, 0.1) is 20.9 Å². The van der Waals surface area contributed by atoms with Crippen LogP contribution < -0.4 is 0 Å². The van der Waals surface area contributed by atoms with Crippen LogP contribution in [-0.2, 0) is 9.84 Å². The molecule has 2 aromatic rings. The first-order chi connectivity index (χ1) is 10.6. The molecule has 120 valence electrons. The summed E-state index contributed by atoms with van der Waals surface area (Å²) in [4.78, 5) is 21.9. The molecule has 23 heavy (non-hydrogen) atoms. The van der Waals surface area contributed by atoms with Gasteiger partial charge in [-0.2, -0.15) is 0 Å². The molecule has 0 aliphatic carbocycles. The van der Waals surface area contributed by atoms with Crippen molar-refractivity contribution in [2.24, 2.45) is 0 Å². The predicted molar refractivity (Wildman–Crippen MR) is 81.7 cm³/mol. The minimum Gasteiger partial charge on any atom is -0.478 e. The maximum absolute atomic E-state index is 12.6. The Hall–Kier alpha value is -2.67. The minimum atomic E-state index is -4.01. The molecule has 0 amide bonds. The number of carboxylic acid groups (broad SMARTS) is 2. The lowest BCUT2D eigenvalue weighted by Gasteiger charge is -2.09.